The van der Waals surface area contributed by atoms with Crippen molar-refractivity contribution in [2.24, 2.45) is 0 Å². The molecule has 0 aliphatic heterocycles. The molecule has 1 amide bonds. The van der Waals surface area contributed by atoms with E-state index in [9.17, 15) is 18.0 Å². The molecule has 2 heterocycles. The number of anilines is 2. The molecule has 10 heteroatoms. The van der Waals surface area contributed by atoms with Gasteiger partial charge in [-0.15, -0.1) is 0 Å². The first-order valence-electron chi connectivity index (χ1n) is 11.6. The molecule has 38 heavy (non-hydrogen) atoms. The summed E-state index contributed by atoms with van der Waals surface area (Å²) in [6.45, 7) is 3.50. The second-order valence-corrected chi connectivity index (χ2v) is 10.3. The normalized spacial score (nSPS) is 11.3. The molecule has 5 aromatic rings. The molecule has 2 N–H and O–H groups in total. The van der Waals surface area contributed by atoms with Gasteiger partial charge >= 0.3 is 5.63 Å². The molecule has 0 unspecified atom stereocenters. The van der Waals surface area contributed by atoms with E-state index in [1.807, 2.05) is 12.1 Å². The van der Waals surface area contributed by atoms with Crippen LogP contribution in [-0.2, 0) is 10.0 Å². The quantitative estimate of drug-likeness (QED) is 0.300. The van der Waals surface area contributed by atoms with Gasteiger partial charge in [0.1, 0.15) is 5.58 Å². The predicted molar refractivity (Wildman–Crippen MR) is 145 cm³/mol. The van der Waals surface area contributed by atoms with E-state index < -0.39 is 15.6 Å². The molecule has 5 rings (SSSR count). The highest BCUT2D eigenvalue weighted by molar-refractivity contribution is 7.92. The zero-order valence-corrected chi connectivity index (χ0v) is 21.2. The van der Waals surface area contributed by atoms with Crippen LogP contribution in [0.5, 0.6) is 0 Å². The summed E-state index contributed by atoms with van der Waals surface area (Å²) in [6, 6.07) is 23.0. The number of aryl methyl sites for hydroxylation is 2. The van der Waals surface area contributed by atoms with Gasteiger partial charge in [-0.25, -0.2) is 27.9 Å². The number of aromatic nitrogens is 2. The van der Waals surface area contributed by atoms with Crippen LogP contribution in [0.15, 0.2) is 99.0 Å². The van der Waals surface area contributed by atoms with E-state index in [4.69, 9.17) is 4.42 Å². The van der Waals surface area contributed by atoms with Crippen LogP contribution in [0, 0.1) is 13.8 Å². The number of carbonyl (C=O) groups is 1. The first-order valence-corrected chi connectivity index (χ1v) is 13.1. The van der Waals surface area contributed by atoms with Gasteiger partial charge in [-0.05, 0) is 74.0 Å². The summed E-state index contributed by atoms with van der Waals surface area (Å²) in [4.78, 5) is 33.4. The highest BCUT2D eigenvalue weighted by atomic mass is 32.2. The maximum Gasteiger partial charge on any atom is 0.344 e. The minimum absolute atomic E-state index is 0.00294. The Morgan fingerprint density at radius 2 is 1.50 bits per heavy atom. The molecule has 0 radical (unpaired) electrons. The van der Waals surface area contributed by atoms with Crippen LogP contribution in [0.25, 0.3) is 22.1 Å². The van der Waals surface area contributed by atoms with Crippen molar-refractivity contribution in [1.82, 2.24) is 9.97 Å². The minimum atomic E-state index is -3.91. The first kappa shape index (κ1) is 24.8. The number of fused-ring (bicyclic) bond motifs is 1. The zero-order valence-electron chi connectivity index (χ0n) is 20.4. The largest absolute Gasteiger partial charge is 0.422 e. The molecule has 0 aliphatic rings. The van der Waals surface area contributed by atoms with Crippen molar-refractivity contribution in [3.8, 4) is 11.1 Å². The molecule has 0 saturated heterocycles. The highest BCUT2D eigenvalue weighted by Gasteiger charge is 2.17. The second-order valence-electron chi connectivity index (χ2n) is 8.62. The molecule has 0 fully saturated rings. The number of nitrogens with zero attached hydrogens (tertiary/aromatic N) is 2. The van der Waals surface area contributed by atoms with Gasteiger partial charge in [-0.3, -0.25) is 4.79 Å². The van der Waals surface area contributed by atoms with E-state index in [1.165, 1.54) is 24.3 Å². The van der Waals surface area contributed by atoms with Crippen LogP contribution < -0.4 is 15.7 Å². The third kappa shape index (κ3) is 5.30. The lowest BCUT2D eigenvalue weighted by atomic mass is 10.0. The monoisotopic (exact) mass is 526 g/mol. The van der Waals surface area contributed by atoms with Crippen LogP contribution in [0.2, 0.25) is 0 Å². The second kappa shape index (κ2) is 9.91. The van der Waals surface area contributed by atoms with E-state index in [2.05, 4.69) is 20.0 Å². The Labute approximate surface area is 218 Å². The summed E-state index contributed by atoms with van der Waals surface area (Å²) in [7, 11) is -3.91. The summed E-state index contributed by atoms with van der Waals surface area (Å²) in [5, 5.41) is 3.53. The summed E-state index contributed by atoms with van der Waals surface area (Å²) < 4.78 is 33.2. The number of sulfonamides is 1. The van der Waals surface area contributed by atoms with Crippen molar-refractivity contribution in [3.05, 3.63) is 112 Å². The van der Waals surface area contributed by atoms with Crippen molar-refractivity contribution >= 4 is 38.5 Å². The number of benzene rings is 3. The lowest BCUT2D eigenvalue weighted by Gasteiger charge is -2.10. The topological polar surface area (TPSA) is 131 Å². The number of para-hydroxylation sites is 1. The molecule has 0 spiro atoms. The van der Waals surface area contributed by atoms with Crippen LogP contribution in [0.4, 0.5) is 11.6 Å². The Morgan fingerprint density at radius 3 is 2.18 bits per heavy atom. The lowest BCUT2D eigenvalue weighted by molar-refractivity contribution is 0.102. The molecule has 2 aromatic heterocycles. The number of hydrogen-bond donors (Lipinski definition) is 2. The zero-order chi connectivity index (χ0) is 26.9. The van der Waals surface area contributed by atoms with E-state index in [0.29, 0.717) is 39.3 Å². The Bertz CT molecular complexity index is 1810. The molecule has 0 bridgehead atoms. The summed E-state index contributed by atoms with van der Waals surface area (Å²) in [5.41, 5.74) is 3.12. The van der Waals surface area contributed by atoms with Crippen LogP contribution in [-0.4, -0.2) is 24.3 Å². The Hall–Kier alpha value is -4.83. The molecule has 3 aromatic carbocycles. The van der Waals surface area contributed by atoms with E-state index in [0.717, 1.165) is 5.39 Å². The van der Waals surface area contributed by atoms with Crippen molar-refractivity contribution in [2.45, 2.75) is 18.7 Å². The van der Waals surface area contributed by atoms with Gasteiger partial charge in [0.25, 0.3) is 15.9 Å². The average Bonchev–Trinajstić information content (AvgIpc) is 2.88. The van der Waals surface area contributed by atoms with Gasteiger partial charge in [0.15, 0.2) is 0 Å². The van der Waals surface area contributed by atoms with Gasteiger partial charge in [0, 0.05) is 28.0 Å². The van der Waals surface area contributed by atoms with Gasteiger partial charge in [0.2, 0.25) is 5.95 Å². The Morgan fingerprint density at radius 1 is 0.842 bits per heavy atom. The number of carbonyl (C=O) groups excluding carboxylic acids is 1. The van der Waals surface area contributed by atoms with Gasteiger partial charge in [-0.2, -0.15) is 0 Å². The molecule has 9 nitrogen and oxygen atoms in total. The van der Waals surface area contributed by atoms with Gasteiger partial charge in [-0.1, -0.05) is 30.3 Å². The number of nitrogens with one attached hydrogen (secondary N) is 2. The fourth-order valence-corrected chi connectivity index (χ4v) is 4.88. The van der Waals surface area contributed by atoms with Gasteiger partial charge < -0.3 is 9.73 Å². The Balaban J connectivity index is 1.29. The maximum atomic E-state index is 12.8. The number of hydrogen-bond acceptors (Lipinski definition) is 7. The first-order chi connectivity index (χ1) is 18.2. The van der Waals surface area contributed by atoms with Crippen molar-refractivity contribution in [2.75, 3.05) is 10.0 Å². The van der Waals surface area contributed by atoms with Crippen LogP contribution in [0.1, 0.15) is 21.7 Å². The number of amides is 1. The predicted octanol–water partition coefficient (Wildman–Crippen LogP) is 4.92. The summed E-state index contributed by atoms with van der Waals surface area (Å²) in [5.74, 6) is -0.399. The van der Waals surface area contributed by atoms with Crippen LogP contribution in [0.3, 0.4) is 0 Å². The van der Waals surface area contributed by atoms with Gasteiger partial charge in [0.05, 0.1) is 10.5 Å². The maximum absolute atomic E-state index is 12.8. The average molecular weight is 527 g/mol. The van der Waals surface area contributed by atoms with Crippen molar-refractivity contribution < 1.29 is 17.6 Å². The van der Waals surface area contributed by atoms with Crippen LogP contribution >= 0.6 is 0 Å². The SMILES string of the molecule is Cc1cc(C)nc(NS(=O)(=O)c2ccc(NC(=O)c3ccc(-c4cc5ccccc5oc4=O)cc3)cc2)n1. The van der Waals surface area contributed by atoms with E-state index in [1.54, 1.807) is 62.4 Å². The summed E-state index contributed by atoms with van der Waals surface area (Å²) in [6.07, 6.45) is 0. The lowest BCUT2D eigenvalue weighted by Crippen LogP contribution is -2.16. The molecule has 190 valence electrons. The molecule has 0 aliphatic carbocycles. The smallest absolute Gasteiger partial charge is 0.344 e. The summed E-state index contributed by atoms with van der Waals surface area (Å²) >= 11 is 0. The minimum Gasteiger partial charge on any atom is -0.422 e. The van der Waals surface area contributed by atoms with Crippen molar-refractivity contribution in [1.29, 1.82) is 0 Å². The Kier molecular flexibility index (Phi) is 6.48. The molecular formula is C28H22N4O5S. The third-order valence-corrected chi connectivity index (χ3v) is 7.07. The highest BCUT2D eigenvalue weighted by Crippen LogP contribution is 2.22. The fraction of sp³-hybridized carbons (Fsp3) is 0.0714. The number of rotatable bonds is 6. The third-order valence-electron chi connectivity index (χ3n) is 5.73. The van der Waals surface area contributed by atoms with Crippen molar-refractivity contribution in [3.63, 3.8) is 0 Å². The van der Waals surface area contributed by atoms with E-state index in [-0.39, 0.29) is 16.8 Å². The molecule has 0 atom stereocenters. The van der Waals surface area contributed by atoms with E-state index >= 15 is 0 Å². The molecule has 0 saturated carbocycles. The molecular weight excluding hydrogens is 504 g/mol. The standard InChI is InChI=1S/C28H22N4O5S/c1-17-15-18(2)30-28(29-17)32-38(35,36)23-13-11-22(12-14-23)31-26(33)20-9-7-19(8-10-20)24-16-21-5-3-4-6-25(21)37-27(24)34/h3-16H,1-2H3,(H,31,33)(H,29,30,32). The fourth-order valence-electron chi connectivity index (χ4n) is 3.94.